The molecule has 0 N–H and O–H groups in total. The molecular formula is C21H29F3O. The number of hydrogen-bond donors (Lipinski definition) is 0. The number of carbonyl (C=O) groups is 1. The van der Waals surface area contributed by atoms with Crippen LogP contribution in [0.25, 0.3) is 0 Å². The lowest BCUT2D eigenvalue weighted by Gasteiger charge is -2.60. The second-order valence-corrected chi connectivity index (χ2v) is 9.68. The van der Waals surface area contributed by atoms with Crippen molar-refractivity contribution in [3.63, 3.8) is 0 Å². The van der Waals surface area contributed by atoms with E-state index < -0.39 is 17.5 Å². The fourth-order valence-electron chi connectivity index (χ4n) is 7.63. The van der Waals surface area contributed by atoms with Crippen molar-refractivity contribution in [2.75, 3.05) is 0 Å². The molecule has 4 heteroatoms. The largest absolute Gasteiger partial charge is 0.392 e. The van der Waals surface area contributed by atoms with Gasteiger partial charge in [-0.3, -0.25) is 4.79 Å². The maximum atomic E-state index is 13.6. The van der Waals surface area contributed by atoms with Gasteiger partial charge in [0.2, 0.25) is 0 Å². The highest BCUT2D eigenvalue weighted by molar-refractivity contribution is 5.73. The monoisotopic (exact) mass is 354 g/mol. The van der Waals surface area contributed by atoms with Gasteiger partial charge >= 0.3 is 6.18 Å². The van der Waals surface area contributed by atoms with Crippen LogP contribution in [0.2, 0.25) is 0 Å². The number of hydrogen-bond acceptors (Lipinski definition) is 1. The van der Waals surface area contributed by atoms with E-state index in [-0.39, 0.29) is 11.3 Å². The van der Waals surface area contributed by atoms with E-state index >= 15 is 0 Å². The summed E-state index contributed by atoms with van der Waals surface area (Å²) in [5.41, 5.74) is 0.443. The van der Waals surface area contributed by atoms with Gasteiger partial charge in [0.25, 0.3) is 0 Å². The van der Waals surface area contributed by atoms with Gasteiger partial charge in [-0.15, -0.1) is 0 Å². The highest BCUT2D eigenvalue weighted by atomic mass is 19.4. The molecule has 0 aromatic rings. The van der Waals surface area contributed by atoms with Crippen molar-refractivity contribution < 1.29 is 18.0 Å². The summed E-state index contributed by atoms with van der Waals surface area (Å²) >= 11 is 0. The topological polar surface area (TPSA) is 17.1 Å². The first kappa shape index (κ1) is 17.6. The maximum absolute atomic E-state index is 13.6. The number of carbonyl (C=O) groups excluding carboxylic acids is 1. The quantitative estimate of drug-likeness (QED) is 0.532. The molecule has 1 nitrogen and oxygen atoms in total. The molecule has 4 aliphatic carbocycles. The van der Waals surface area contributed by atoms with Crippen LogP contribution in [0.5, 0.6) is 0 Å². The molecule has 140 valence electrons. The summed E-state index contributed by atoms with van der Waals surface area (Å²) in [6.45, 7) is 4.24. The van der Waals surface area contributed by atoms with Crippen molar-refractivity contribution in [1.29, 1.82) is 0 Å². The molecule has 7 atom stereocenters. The molecule has 0 bridgehead atoms. The standard InChI is InChI=1S/C21H29F3O/c1-19-10-9-17-15(16(19)7-8-18(19)21(22,23)24)6-5-14-4-3-13(12-25)11-20(14,17)2/h3,12,14-18H,4-11H2,1-2H3/t14-,15+,16+,17+,18-,19+,20+/m1/s1. The first-order chi connectivity index (χ1) is 11.7. The SMILES string of the molecule is C[C@]12CC(C=O)=CC[C@@H]1CC[C@@H]1[C@@H]2CC[C@@]2(C)[C@H]1CC[C@H]2C(F)(F)F. The molecule has 0 radical (unpaired) electrons. The predicted octanol–water partition coefficient (Wildman–Crippen LogP) is 5.94. The molecule has 0 saturated heterocycles. The van der Waals surface area contributed by atoms with E-state index in [2.05, 4.69) is 13.0 Å². The number of aldehydes is 1. The van der Waals surface area contributed by atoms with Gasteiger partial charge in [0, 0.05) is 0 Å². The van der Waals surface area contributed by atoms with Crippen molar-refractivity contribution in [3.8, 4) is 0 Å². The Morgan fingerprint density at radius 3 is 2.44 bits per heavy atom. The molecular weight excluding hydrogens is 325 g/mol. The van der Waals surface area contributed by atoms with Crippen molar-refractivity contribution in [2.45, 2.75) is 71.4 Å². The van der Waals surface area contributed by atoms with E-state index in [1.807, 2.05) is 6.92 Å². The van der Waals surface area contributed by atoms with Crippen molar-refractivity contribution >= 4 is 6.29 Å². The normalized spacial score (nSPS) is 49.6. The zero-order valence-electron chi connectivity index (χ0n) is 15.2. The number of halogens is 3. The lowest BCUT2D eigenvalue weighted by Crippen LogP contribution is -2.53. The van der Waals surface area contributed by atoms with E-state index in [9.17, 15) is 18.0 Å². The molecule has 3 fully saturated rings. The summed E-state index contributed by atoms with van der Waals surface area (Å²) in [7, 11) is 0. The average Bonchev–Trinajstić information content (AvgIpc) is 2.91. The van der Waals surface area contributed by atoms with Crippen LogP contribution in [0, 0.1) is 40.4 Å². The average molecular weight is 354 g/mol. The molecule has 0 aliphatic heterocycles. The minimum atomic E-state index is -4.06. The summed E-state index contributed by atoms with van der Waals surface area (Å²) in [4.78, 5) is 11.3. The van der Waals surface area contributed by atoms with Crippen LogP contribution >= 0.6 is 0 Å². The predicted molar refractivity (Wildman–Crippen MR) is 90.8 cm³/mol. The summed E-state index contributed by atoms with van der Waals surface area (Å²) in [5, 5.41) is 0. The van der Waals surface area contributed by atoms with Gasteiger partial charge in [0.05, 0.1) is 5.92 Å². The Labute approximate surface area is 148 Å². The van der Waals surface area contributed by atoms with E-state index in [1.165, 1.54) is 0 Å². The zero-order chi connectivity index (χ0) is 18.0. The summed E-state index contributed by atoms with van der Waals surface area (Å²) in [6, 6.07) is 0. The van der Waals surface area contributed by atoms with Gasteiger partial charge in [-0.2, -0.15) is 13.2 Å². The smallest absolute Gasteiger partial charge is 0.298 e. The van der Waals surface area contributed by atoms with Crippen LogP contribution in [0.3, 0.4) is 0 Å². The third-order valence-corrected chi connectivity index (χ3v) is 8.86. The van der Waals surface area contributed by atoms with Crippen LogP contribution in [-0.2, 0) is 4.79 Å². The van der Waals surface area contributed by atoms with Crippen LogP contribution in [0.4, 0.5) is 13.2 Å². The Hall–Kier alpha value is -0.800. The summed E-state index contributed by atoms with van der Waals surface area (Å²) in [6.07, 6.45) is 5.69. The van der Waals surface area contributed by atoms with Gasteiger partial charge in [0.1, 0.15) is 6.29 Å². The second-order valence-electron chi connectivity index (χ2n) is 9.68. The second kappa shape index (κ2) is 5.60. The highest BCUT2D eigenvalue weighted by Crippen LogP contribution is 2.68. The minimum Gasteiger partial charge on any atom is -0.298 e. The highest BCUT2D eigenvalue weighted by Gasteiger charge is 2.64. The fourth-order valence-corrected chi connectivity index (χ4v) is 7.63. The molecule has 0 aromatic heterocycles. The first-order valence-electron chi connectivity index (χ1n) is 9.91. The Morgan fingerprint density at radius 1 is 1.04 bits per heavy atom. The summed E-state index contributed by atoms with van der Waals surface area (Å²) < 4.78 is 40.8. The molecule has 0 aromatic carbocycles. The first-order valence-corrected chi connectivity index (χ1v) is 9.91. The Kier molecular flexibility index (Phi) is 3.94. The van der Waals surface area contributed by atoms with Crippen LogP contribution in [0.1, 0.15) is 65.2 Å². The molecule has 0 heterocycles. The number of fused-ring (bicyclic) bond motifs is 5. The van der Waals surface area contributed by atoms with Gasteiger partial charge in [0.15, 0.2) is 0 Å². The summed E-state index contributed by atoms with van der Waals surface area (Å²) in [5.74, 6) is 0.592. The molecule has 25 heavy (non-hydrogen) atoms. The lowest BCUT2D eigenvalue weighted by molar-refractivity contribution is -0.215. The zero-order valence-corrected chi connectivity index (χ0v) is 15.2. The molecule has 4 aliphatic rings. The van der Waals surface area contributed by atoms with E-state index in [0.29, 0.717) is 30.6 Å². The lowest BCUT2D eigenvalue weighted by atomic mass is 9.45. The minimum absolute atomic E-state index is 0.103. The molecule has 4 rings (SSSR count). The van der Waals surface area contributed by atoms with Gasteiger partial charge in [-0.05, 0) is 91.4 Å². The van der Waals surface area contributed by atoms with E-state index in [4.69, 9.17) is 0 Å². The Balaban J connectivity index is 1.64. The van der Waals surface area contributed by atoms with Crippen molar-refractivity contribution in [1.82, 2.24) is 0 Å². The number of alkyl halides is 3. The van der Waals surface area contributed by atoms with Gasteiger partial charge < -0.3 is 0 Å². The van der Waals surface area contributed by atoms with Crippen molar-refractivity contribution in [2.24, 2.45) is 40.4 Å². The van der Waals surface area contributed by atoms with Gasteiger partial charge in [-0.1, -0.05) is 19.9 Å². The van der Waals surface area contributed by atoms with Crippen LogP contribution in [0.15, 0.2) is 11.6 Å². The maximum Gasteiger partial charge on any atom is 0.392 e. The Morgan fingerprint density at radius 2 is 1.76 bits per heavy atom. The fraction of sp³-hybridized carbons (Fsp3) is 0.857. The number of allylic oxidation sites excluding steroid dienone is 2. The van der Waals surface area contributed by atoms with Crippen molar-refractivity contribution in [3.05, 3.63) is 11.6 Å². The Bertz CT molecular complexity index is 594. The molecule has 0 spiro atoms. The van der Waals surface area contributed by atoms with Crippen LogP contribution in [-0.4, -0.2) is 12.5 Å². The van der Waals surface area contributed by atoms with E-state index in [1.54, 1.807) is 0 Å². The van der Waals surface area contributed by atoms with E-state index in [0.717, 1.165) is 50.4 Å². The molecule has 0 amide bonds. The van der Waals surface area contributed by atoms with Gasteiger partial charge in [-0.25, -0.2) is 0 Å². The van der Waals surface area contributed by atoms with Crippen LogP contribution < -0.4 is 0 Å². The number of rotatable bonds is 1. The third-order valence-electron chi connectivity index (χ3n) is 8.86. The molecule has 0 unspecified atom stereocenters. The third kappa shape index (κ3) is 2.45. The molecule has 3 saturated carbocycles.